The van der Waals surface area contributed by atoms with Crippen LogP contribution in [0.4, 0.5) is 5.00 Å². The van der Waals surface area contributed by atoms with Crippen LogP contribution in [0.3, 0.4) is 0 Å². The molecule has 1 N–H and O–H groups in total. The molecule has 2 saturated carbocycles. The van der Waals surface area contributed by atoms with Gasteiger partial charge in [-0.1, -0.05) is 24.2 Å². The van der Waals surface area contributed by atoms with Crippen LogP contribution in [0.5, 0.6) is 0 Å². The summed E-state index contributed by atoms with van der Waals surface area (Å²) < 4.78 is 0. The number of nitro groups is 1. The van der Waals surface area contributed by atoms with Crippen molar-refractivity contribution in [2.24, 2.45) is 22.9 Å². The number of thiophene rings is 1. The molecule has 1 heterocycles. The molecule has 0 unspecified atom stereocenters. The number of amides is 1. The third-order valence-electron chi connectivity index (χ3n) is 4.12. The lowest BCUT2D eigenvalue weighted by atomic mass is 10.0. The summed E-state index contributed by atoms with van der Waals surface area (Å²) in [5.74, 6) is 1.24. The fraction of sp³-hybridized carbons (Fsp3) is 0.538. The standard InChI is InChI=1S/C13H15N3O3S/c17-13(12-9-3-1-2-4-10(9)12)15-14-7-8-5-6-11(20-8)16(18)19/h5-7,9-10,12H,1-4H2,(H,15,17)/b14-7-/t9-,10-/m0/s1. The van der Waals surface area contributed by atoms with Crippen LogP contribution in [0, 0.1) is 27.9 Å². The van der Waals surface area contributed by atoms with Gasteiger partial charge in [0.15, 0.2) is 0 Å². The Balaban J connectivity index is 1.52. The highest BCUT2D eigenvalue weighted by Crippen LogP contribution is 2.55. The molecule has 1 aromatic heterocycles. The maximum absolute atomic E-state index is 11.9. The van der Waals surface area contributed by atoms with E-state index in [4.69, 9.17) is 0 Å². The van der Waals surface area contributed by atoms with Crippen LogP contribution in [0.15, 0.2) is 17.2 Å². The van der Waals surface area contributed by atoms with E-state index in [9.17, 15) is 14.9 Å². The van der Waals surface area contributed by atoms with Gasteiger partial charge in [0.1, 0.15) is 0 Å². The number of hydrazone groups is 1. The Kier molecular flexibility index (Phi) is 3.52. The highest BCUT2D eigenvalue weighted by molar-refractivity contribution is 7.16. The largest absolute Gasteiger partial charge is 0.324 e. The third kappa shape index (κ3) is 2.58. The molecule has 0 aromatic carbocycles. The zero-order chi connectivity index (χ0) is 14.1. The number of hydrogen-bond acceptors (Lipinski definition) is 5. The van der Waals surface area contributed by atoms with Crippen LogP contribution in [0.1, 0.15) is 30.6 Å². The summed E-state index contributed by atoms with van der Waals surface area (Å²) >= 11 is 1.04. The van der Waals surface area contributed by atoms with Crippen LogP contribution >= 0.6 is 11.3 Å². The van der Waals surface area contributed by atoms with Gasteiger partial charge < -0.3 is 0 Å². The van der Waals surface area contributed by atoms with Crippen LogP contribution < -0.4 is 5.43 Å². The molecule has 7 heteroatoms. The van der Waals surface area contributed by atoms with Crippen molar-refractivity contribution in [1.82, 2.24) is 5.43 Å². The second-order valence-electron chi connectivity index (χ2n) is 5.31. The fourth-order valence-electron chi connectivity index (χ4n) is 3.12. The average molecular weight is 293 g/mol. The van der Waals surface area contributed by atoms with E-state index < -0.39 is 4.92 Å². The second-order valence-corrected chi connectivity index (χ2v) is 6.40. The number of carbonyl (C=O) groups excluding carboxylic acids is 1. The Labute approximate surface area is 120 Å². The number of nitrogens with one attached hydrogen (secondary N) is 1. The molecule has 2 fully saturated rings. The van der Waals surface area contributed by atoms with E-state index in [-0.39, 0.29) is 16.8 Å². The lowest BCUT2D eigenvalue weighted by molar-refractivity contribution is -0.380. The summed E-state index contributed by atoms with van der Waals surface area (Å²) in [4.78, 5) is 22.7. The maximum atomic E-state index is 11.9. The minimum absolute atomic E-state index is 0.00999. The van der Waals surface area contributed by atoms with Crippen LogP contribution in [0.25, 0.3) is 0 Å². The number of carbonyl (C=O) groups is 1. The van der Waals surface area contributed by atoms with Gasteiger partial charge in [0.05, 0.1) is 16.0 Å². The van der Waals surface area contributed by atoms with E-state index in [2.05, 4.69) is 10.5 Å². The smallest absolute Gasteiger partial charge is 0.273 e. The Morgan fingerprint density at radius 2 is 2.10 bits per heavy atom. The van der Waals surface area contributed by atoms with Crippen molar-refractivity contribution in [2.75, 3.05) is 0 Å². The van der Waals surface area contributed by atoms with E-state index in [0.29, 0.717) is 16.7 Å². The van der Waals surface area contributed by atoms with Crippen molar-refractivity contribution in [3.8, 4) is 0 Å². The predicted octanol–water partition coefficient (Wildman–Crippen LogP) is 2.54. The number of rotatable bonds is 4. The molecule has 0 bridgehead atoms. The topological polar surface area (TPSA) is 84.6 Å². The first-order valence-electron chi connectivity index (χ1n) is 6.74. The van der Waals surface area contributed by atoms with Crippen molar-refractivity contribution in [2.45, 2.75) is 25.7 Å². The van der Waals surface area contributed by atoms with Gasteiger partial charge in [-0.2, -0.15) is 5.10 Å². The van der Waals surface area contributed by atoms with Gasteiger partial charge in [0, 0.05) is 12.0 Å². The summed E-state index contributed by atoms with van der Waals surface area (Å²) in [6.45, 7) is 0. The SMILES string of the molecule is O=C(N/N=C\c1ccc([N+](=O)[O-])s1)C1[C@H]2CCCC[C@H]12. The molecule has 1 aromatic rings. The molecule has 2 atom stereocenters. The maximum Gasteiger partial charge on any atom is 0.324 e. The van der Waals surface area contributed by atoms with Crippen molar-refractivity contribution in [3.05, 3.63) is 27.1 Å². The molecule has 1 amide bonds. The second kappa shape index (κ2) is 5.32. The summed E-state index contributed by atoms with van der Waals surface area (Å²) in [5, 5.41) is 14.5. The van der Waals surface area contributed by atoms with Crippen molar-refractivity contribution >= 4 is 28.5 Å². The first-order chi connectivity index (χ1) is 9.66. The van der Waals surface area contributed by atoms with Gasteiger partial charge in [-0.05, 0) is 30.7 Å². The molecular formula is C13H15N3O3S. The Morgan fingerprint density at radius 1 is 1.40 bits per heavy atom. The van der Waals surface area contributed by atoms with E-state index >= 15 is 0 Å². The van der Waals surface area contributed by atoms with Crippen LogP contribution in [-0.4, -0.2) is 17.0 Å². The first-order valence-corrected chi connectivity index (χ1v) is 7.55. The number of nitrogens with zero attached hydrogens (tertiary/aromatic N) is 2. The zero-order valence-electron chi connectivity index (χ0n) is 10.8. The van der Waals surface area contributed by atoms with Crippen molar-refractivity contribution in [1.29, 1.82) is 0 Å². The van der Waals surface area contributed by atoms with E-state index in [1.165, 1.54) is 25.1 Å². The van der Waals surface area contributed by atoms with E-state index in [1.807, 2.05) is 0 Å². The van der Waals surface area contributed by atoms with Gasteiger partial charge in [-0.15, -0.1) is 0 Å². The molecular weight excluding hydrogens is 278 g/mol. The number of fused-ring (bicyclic) bond motifs is 1. The lowest BCUT2D eigenvalue weighted by Gasteiger charge is -2.04. The quantitative estimate of drug-likeness (QED) is 0.526. The summed E-state index contributed by atoms with van der Waals surface area (Å²) in [6, 6.07) is 3.05. The summed E-state index contributed by atoms with van der Waals surface area (Å²) in [7, 11) is 0. The summed E-state index contributed by atoms with van der Waals surface area (Å²) in [6.07, 6.45) is 6.23. The zero-order valence-corrected chi connectivity index (χ0v) is 11.6. The lowest BCUT2D eigenvalue weighted by Crippen LogP contribution is -2.20. The number of hydrogen-bond donors (Lipinski definition) is 1. The molecule has 0 saturated heterocycles. The molecule has 0 aliphatic heterocycles. The minimum atomic E-state index is -0.435. The minimum Gasteiger partial charge on any atom is -0.273 e. The van der Waals surface area contributed by atoms with Crippen molar-refractivity contribution < 1.29 is 9.72 Å². The molecule has 0 spiro atoms. The molecule has 3 rings (SSSR count). The Bertz CT molecular complexity index is 557. The molecule has 0 radical (unpaired) electrons. The van der Waals surface area contributed by atoms with Gasteiger partial charge in [-0.25, -0.2) is 5.43 Å². The molecule has 2 aliphatic carbocycles. The van der Waals surface area contributed by atoms with Gasteiger partial charge in [0.2, 0.25) is 5.91 Å². The highest BCUT2D eigenvalue weighted by Gasteiger charge is 2.54. The third-order valence-corrected chi connectivity index (χ3v) is 5.09. The Morgan fingerprint density at radius 3 is 2.70 bits per heavy atom. The van der Waals surface area contributed by atoms with Gasteiger partial charge >= 0.3 is 5.00 Å². The fourth-order valence-corrected chi connectivity index (χ4v) is 3.82. The molecule has 6 nitrogen and oxygen atoms in total. The predicted molar refractivity (Wildman–Crippen MR) is 75.6 cm³/mol. The van der Waals surface area contributed by atoms with Gasteiger partial charge in [0.25, 0.3) is 0 Å². The van der Waals surface area contributed by atoms with E-state index in [0.717, 1.165) is 24.2 Å². The van der Waals surface area contributed by atoms with Crippen LogP contribution in [0.2, 0.25) is 0 Å². The molecule has 2 aliphatic rings. The molecule has 20 heavy (non-hydrogen) atoms. The first kappa shape index (κ1) is 13.2. The van der Waals surface area contributed by atoms with Crippen molar-refractivity contribution in [3.63, 3.8) is 0 Å². The Hall–Kier alpha value is -1.76. The monoisotopic (exact) mass is 293 g/mol. The average Bonchev–Trinajstić information content (AvgIpc) is 2.97. The normalized spacial score (nSPS) is 28.1. The molecule has 106 valence electrons. The van der Waals surface area contributed by atoms with Crippen LogP contribution in [-0.2, 0) is 4.79 Å². The van der Waals surface area contributed by atoms with Gasteiger partial charge in [-0.3, -0.25) is 14.9 Å². The summed E-state index contributed by atoms with van der Waals surface area (Å²) in [5.41, 5.74) is 2.56. The van der Waals surface area contributed by atoms with E-state index in [1.54, 1.807) is 6.07 Å². The highest BCUT2D eigenvalue weighted by atomic mass is 32.1.